The highest BCUT2D eigenvalue weighted by Crippen LogP contribution is 2.29. The number of sulfone groups is 1. The quantitative estimate of drug-likeness (QED) is 0.379. The third-order valence-corrected chi connectivity index (χ3v) is 6.44. The second-order valence-electron chi connectivity index (χ2n) is 7.73. The van der Waals surface area contributed by atoms with E-state index in [1.54, 1.807) is 0 Å². The summed E-state index contributed by atoms with van der Waals surface area (Å²) in [6.45, 7) is 0.655. The van der Waals surface area contributed by atoms with E-state index in [1.807, 2.05) is 13.8 Å². The Labute approximate surface area is 186 Å². The summed E-state index contributed by atoms with van der Waals surface area (Å²) in [5.41, 5.74) is 0.462. The van der Waals surface area contributed by atoms with Gasteiger partial charge >= 0.3 is 12.6 Å². The number of benzene rings is 1. The molecule has 1 aliphatic heterocycles. The van der Waals surface area contributed by atoms with Gasteiger partial charge in [-0.05, 0) is 36.1 Å². The summed E-state index contributed by atoms with van der Waals surface area (Å²) in [4.78, 5) is 26.1. The molecule has 1 aromatic rings. The van der Waals surface area contributed by atoms with Gasteiger partial charge in [0.25, 0.3) is 5.91 Å². The van der Waals surface area contributed by atoms with Crippen molar-refractivity contribution in [2.24, 2.45) is 5.92 Å². The molecule has 0 radical (unpaired) electrons. The lowest BCUT2D eigenvalue weighted by molar-refractivity contribution is -0.149. The summed E-state index contributed by atoms with van der Waals surface area (Å²) in [5.74, 6) is -1.27. The van der Waals surface area contributed by atoms with Crippen molar-refractivity contribution in [3.8, 4) is 11.5 Å². The molecule has 0 bridgehead atoms. The van der Waals surface area contributed by atoms with Gasteiger partial charge in [-0.3, -0.25) is 4.79 Å². The molecule has 0 spiro atoms. The predicted octanol–water partition coefficient (Wildman–Crippen LogP) is 2.52. The fraction of sp³-hybridized carbons (Fsp3) is 0.524. The van der Waals surface area contributed by atoms with Gasteiger partial charge in [-0.15, -0.1) is 0 Å². The molecular weight excluding hydrogens is 448 g/mol. The Morgan fingerprint density at radius 3 is 2.53 bits per heavy atom. The highest BCUT2D eigenvalue weighted by atomic mass is 32.2. The van der Waals surface area contributed by atoms with E-state index in [4.69, 9.17) is 9.47 Å². The molecule has 1 aliphatic rings. The van der Waals surface area contributed by atoms with Crippen LogP contribution in [0.2, 0.25) is 0 Å². The SMILES string of the molecule is COc1cc(/C=C\C(=O)OCC(=O)N(CC(C)C)[C@@H]2CCS(=O)(=O)C2)ccc1OC(F)F. The number of esters is 1. The Morgan fingerprint density at radius 2 is 1.97 bits per heavy atom. The average molecular weight is 476 g/mol. The maximum absolute atomic E-state index is 12.6. The first kappa shape index (κ1) is 25.6. The molecule has 0 aromatic heterocycles. The van der Waals surface area contributed by atoms with Gasteiger partial charge in [0.05, 0.1) is 18.6 Å². The standard InChI is InChI=1S/C21H27F2NO7S/c1-14(2)11-24(16-8-9-32(27,28)13-16)19(25)12-30-20(26)7-5-15-4-6-17(31-21(22)23)18(10-15)29-3/h4-7,10,14,16,21H,8-9,11-13H2,1-3H3/b7-5-/t16-/m1/s1. The van der Waals surface area contributed by atoms with E-state index in [-0.39, 0.29) is 28.9 Å². The van der Waals surface area contributed by atoms with E-state index in [1.165, 1.54) is 36.3 Å². The number of nitrogens with zero attached hydrogens (tertiary/aromatic N) is 1. The molecule has 0 aliphatic carbocycles. The molecule has 1 amide bonds. The van der Waals surface area contributed by atoms with Crippen molar-refractivity contribution in [3.05, 3.63) is 29.8 Å². The van der Waals surface area contributed by atoms with Crippen LogP contribution in [0.3, 0.4) is 0 Å². The van der Waals surface area contributed by atoms with Gasteiger partial charge in [-0.25, -0.2) is 13.2 Å². The van der Waals surface area contributed by atoms with Crippen molar-refractivity contribution in [3.63, 3.8) is 0 Å². The maximum Gasteiger partial charge on any atom is 0.387 e. The summed E-state index contributed by atoms with van der Waals surface area (Å²) in [5, 5.41) is 0. The first-order valence-electron chi connectivity index (χ1n) is 9.98. The normalized spacial score (nSPS) is 17.7. The monoisotopic (exact) mass is 475 g/mol. The Balaban J connectivity index is 1.97. The van der Waals surface area contributed by atoms with Gasteiger partial charge in [0.2, 0.25) is 0 Å². The van der Waals surface area contributed by atoms with Crippen molar-refractivity contribution in [2.45, 2.75) is 32.9 Å². The number of alkyl halides is 2. The summed E-state index contributed by atoms with van der Waals surface area (Å²) in [6.07, 6.45) is 2.82. The summed E-state index contributed by atoms with van der Waals surface area (Å²) >= 11 is 0. The molecule has 11 heteroatoms. The van der Waals surface area contributed by atoms with Crippen molar-refractivity contribution >= 4 is 27.8 Å². The lowest BCUT2D eigenvalue weighted by Crippen LogP contribution is -2.45. The third kappa shape index (κ3) is 7.77. The fourth-order valence-electron chi connectivity index (χ4n) is 3.28. The molecule has 0 unspecified atom stereocenters. The Morgan fingerprint density at radius 1 is 1.25 bits per heavy atom. The van der Waals surface area contributed by atoms with Crippen LogP contribution in [0.5, 0.6) is 11.5 Å². The Kier molecular flexibility index (Phi) is 8.99. The number of carbonyl (C=O) groups is 2. The molecule has 1 heterocycles. The van der Waals surface area contributed by atoms with Crippen LogP contribution in [0.4, 0.5) is 8.78 Å². The number of amides is 1. The molecule has 0 saturated carbocycles. The second-order valence-corrected chi connectivity index (χ2v) is 9.96. The van der Waals surface area contributed by atoms with E-state index in [9.17, 15) is 26.8 Å². The molecule has 32 heavy (non-hydrogen) atoms. The van der Waals surface area contributed by atoms with Crippen LogP contribution in [0.1, 0.15) is 25.8 Å². The minimum Gasteiger partial charge on any atom is -0.493 e. The van der Waals surface area contributed by atoms with Gasteiger partial charge in [-0.2, -0.15) is 8.78 Å². The van der Waals surface area contributed by atoms with Crippen molar-refractivity contribution in [2.75, 3.05) is 31.8 Å². The Bertz CT molecular complexity index is 947. The zero-order valence-electron chi connectivity index (χ0n) is 18.1. The molecule has 0 N–H and O–H groups in total. The lowest BCUT2D eigenvalue weighted by Gasteiger charge is -2.29. The van der Waals surface area contributed by atoms with Gasteiger partial charge in [0, 0.05) is 18.7 Å². The van der Waals surface area contributed by atoms with Crippen LogP contribution >= 0.6 is 0 Å². The van der Waals surface area contributed by atoms with Crippen LogP contribution < -0.4 is 9.47 Å². The van der Waals surface area contributed by atoms with E-state index >= 15 is 0 Å². The lowest BCUT2D eigenvalue weighted by atomic mass is 10.1. The summed E-state index contributed by atoms with van der Waals surface area (Å²) in [6, 6.07) is 3.70. The number of halogens is 2. The van der Waals surface area contributed by atoms with Crippen LogP contribution in [0.15, 0.2) is 24.3 Å². The zero-order chi connectivity index (χ0) is 23.9. The maximum atomic E-state index is 12.6. The van der Waals surface area contributed by atoms with Crippen LogP contribution in [-0.2, 0) is 24.2 Å². The second kappa shape index (κ2) is 11.3. The average Bonchev–Trinajstić information content (AvgIpc) is 3.08. The topological polar surface area (TPSA) is 99.2 Å². The zero-order valence-corrected chi connectivity index (χ0v) is 18.9. The smallest absolute Gasteiger partial charge is 0.387 e. The van der Waals surface area contributed by atoms with E-state index in [0.717, 1.165) is 6.08 Å². The Hall–Kier alpha value is -2.69. The molecule has 1 atom stereocenters. The summed E-state index contributed by atoms with van der Waals surface area (Å²) < 4.78 is 62.7. The molecule has 178 valence electrons. The molecule has 1 fully saturated rings. The van der Waals surface area contributed by atoms with E-state index in [0.29, 0.717) is 18.5 Å². The molecular formula is C21H27F2NO7S. The van der Waals surface area contributed by atoms with E-state index < -0.39 is 41.0 Å². The minimum atomic E-state index is -3.17. The van der Waals surface area contributed by atoms with E-state index in [2.05, 4.69) is 4.74 Å². The van der Waals surface area contributed by atoms with Gasteiger partial charge in [-0.1, -0.05) is 19.9 Å². The number of hydrogen-bond acceptors (Lipinski definition) is 7. The number of ether oxygens (including phenoxy) is 3. The van der Waals surface area contributed by atoms with Gasteiger partial charge < -0.3 is 19.1 Å². The predicted molar refractivity (Wildman–Crippen MR) is 113 cm³/mol. The van der Waals surface area contributed by atoms with Crippen molar-refractivity contribution in [1.82, 2.24) is 4.90 Å². The van der Waals surface area contributed by atoms with Crippen molar-refractivity contribution in [1.29, 1.82) is 0 Å². The highest BCUT2D eigenvalue weighted by Gasteiger charge is 2.35. The number of rotatable bonds is 10. The van der Waals surface area contributed by atoms with Gasteiger partial charge in [0.15, 0.2) is 27.9 Å². The van der Waals surface area contributed by atoms with Crippen molar-refractivity contribution < 1.29 is 41.0 Å². The third-order valence-electron chi connectivity index (χ3n) is 4.68. The fourth-order valence-corrected chi connectivity index (χ4v) is 5.01. The molecule has 1 saturated heterocycles. The van der Waals surface area contributed by atoms with Crippen LogP contribution in [0.25, 0.3) is 6.08 Å². The minimum absolute atomic E-state index is 0.0344. The molecule has 2 rings (SSSR count). The largest absolute Gasteiger partial charge is 0.493 e. The number of methoxy groups -OCH3 is 1. The number of hydrogen-bond donors (Lipinski definition) is 0. The van der Waals surface area contributed by atoms with Crippen LogP contribution in [0, 0.1) is 5.92 Å². The molecule has 8 nitrogen and oxygen atoms in total. The first-order chi connectivity index (χ1) is 15.0. The molecule has 1 aromatic carbocycles. The number of carbonyl (C=O) groups excluding carboxylic acids is 2. The first-order valence-corrected chi connectivity index (χ1v) is 11.8. The van der Waals surface area contributed by atoms with Gasteiger partial charge in [0.1, 0.15) is 0 Å². The highest BCUT2D eigenvalue weighted by molar-refractivity contribution is 7.91. The van der Waals surface area contributed by atoms with Crippen LogP contribution in [-0.4, -0.2) is 69.6 Å². The summed E-state index contributed by atoms with van der Waals surface area (Å²) in [7, 11) is -1.88.